The number of aromatic nitrogens is 6. The quantitative estimate of drug-likeness (QED) is 0.574. The van der Waals surface area contributed by atoms with Crippen molar-refractivity contribution in [3.8, 4) is 11.4 Å². The average Bonchev–Trinajstić information content (AvgIpc) is 3.36. The molecule has 0 unspecified atom stereocenters. The first-order chi connectivity index (χ1) is 13.6. The summed E-state index contributed by atoms with van der Waals surface area (Å²) in [6.45, 7) is 0.126. The van der Waals surface area contributed by atoms with Gasteiger partial charge in [0.2, 0.25) is 5.82 Å². The van der Waals surface area contributed by atoms with Crippen molar-refractivity contribution in [1.29, 1.82) is 0 Å². The number of nitrogens with one attached hydrogen (secondary N) is 1. The number of hydrogen-bond donors (Lipinski definition) is 1. The lowest BCUT2D eigenvalue weighted by atomic mass is 10.2. The number of carbonyl (C=O) groups is 1. The number of rotatable bonds is 5. The molecule has 0 saturated heterocycles. The second-order valence-electron chi connectivity index (χ2n) is 5.81. The van der Waals surface area contributed by atoms with E-state index in [2.05, 4.69) is 25.8 Å². The van der Waals surface area contributed by atoms with Crippen molar-refractivity contribution in [1.82, 2.24) is 30.0 Å². The van der Waals surface area contributed by atoms with E-state index in [1.165, 1.54) is 15.5 Å². The molecule has 4 rings (SSSR count). The second-order valence-corrected chi connectivity index (χ2v) is 5.81. The van der Waals surface area contributed by atoms with Crippen LogP contribution in [-0.2, 0) is 6.67 Å². The largest absolute Gasteiger partial charge is 0.318 e. The number of anilines is 1. The summed E-state index contributed by atoms with van der Waals surface area (Å²) in [6.07, 6.45) is 1.54. The van der Waals surface area contributed by atoms with E-state index >= 15 is 0 Å². The molecule has 140 valence electrons. The van der Waals surface area contributed by atoms with Crippen molar-refractivity contribution in [2.45, 2.75) is 6.67 Å². The van der Waals surface area contributed by atoms with E-state index in [1.54, 1.807) is 6.20 Å². The summed E-state index contributed by atoms with van der Waals surface area (Å²) in [6, 6.07) is 13.6. The van der Waals surface area contributed by atoms with Gasteiger partial charge in [0, 0.05) is 17.8 Å². The SMILES string of the molecule is O=C(Nc1cc(F)ccc1F)c1ccn(Cn2nnc(-c3ccccc3)n2)n1. The lowest BCUT2D eigenvalue weighted by Gasteiger charge is -2.04. The summed E-state index contributed by atoms with van der Waals surface area (Å²) in [7, 11) is 0. The van der Waals surface area contributed by atoms with Gasteiger partial charge in [-0.3, -0.25) is 4.79 Å². The van der Waals surface area contributed by atoms with Crippen LogP contribution in [0.15, 0.2) is 60.8 Å². The van der Waals surface area contributed by atoms with Crippen LogP contribution in [0.25, 0.3) is 11.4 Å². The predicted molar refractivity (Wildman–Crippen MR) is 95.2 cm³/mol. The van der Waals surface area contributed by atoms with Gasteiger partial charge in [-0.15, -0.1) is 15.0 Å². The first-order valence-electron chi connectivity index (χ1n) is 8.21. The molecule has 1 N–H and O–H groups in total. The van der Waals surface area contributed by atoms with Gasteiger partial charge in [0.05, 0.1) is 5.69 Å². The second kappa shape index (κ2) is 7.35. The van der Waals surface area contributed by atoms with Gasteiger partial charge < -0.3 is 5.32 Å². The molecule has 4 aromatic rings. The number of tetrazole rings is 1. The molecule has 2 heterocycles. The number of hydrogen-bond acceptors (Lipinski definition) is 5. The Bertz CT molecular complexity index is 1120. The number of halogens is 2. The number of carbonyl (C=O) groups excluding carboxylic acids is 1. The van der Waals surface area contributed by atoms with E-state index in [0.717, 1.165) is 23.8 Å². The van der Waals surface area contributed by atoms with E-state index in [-0.39, 0.29) is 18.1 Å². The first-order valence-corrected chi connectivity index (χ1v) is 8.21. The Kier molecular flexibility index (Phi) is 4.58. The van der Waals surface area contributed by atoms with E-state index in [4.69, 9.17) is 0 Å². The molecule has 28 heavy (non-hydrogen) atoms. The topological polar surface area (TPSA) is 90.5 Å². The standard InChI is InChI=1S/C18H13F2N7O/c19-13-6-7-14(20)16(10-13)21-18(28)15-8-9-26(23-15)11-27-24-17(22-25-27)12-4-2-1-3-5-12/h1-10H,11H2,(H,21,28). The van der Waals surface area contributed by atoms with Gasteiger partial charge in [-0.2, -0.15) is 5.10 Å². The fourth-order valence-corrected chi connectivity index (χ4v) is 2.48. The van der Waals surface area contributed by atoms with Gasteiger partial charge in [-0.25, -0.2) is 13.5 Å². The molecule has 0 aliphatic rings. The minimum absolute atomic E-state index is 0.0343. The highest BCUT2D eigenvalue weighted by Gasteiger charge is 2.14. The Morgan fingerprint density at radius 2 is 1.86 bits per heavy atom. The highest BCUT2D eigenvalue weighted by atomic mass is 19.1. The number of amides is 1. The lowest BCUT2D eigenvalue weighted by molar-refractivity contribution is 0.102. The van der Waals surface area contributed by atoms with Crippen molar-refractivity contribution >= 4 is 11.6 Å². The maximum absolute atomic E-state index is 13.6. The monoisotopic (exact) mass is 381 g/mol. The summed E-state index contributed by atoms with van der Waals surface area (Å²) in [4.78, 5) is 13.5. The summed E-state index contributed by atoms with van der Waals surface area (Å²) < 4.78 is 28.3. The van der Waals surface area contributed by atoms with Gasteiger partial charge in [0.25, 0.3) is 5.91 Å². The zero-order valence-corrected chi connectivity index (χ0v) is 14.3. The van der Waals surface area contributed by atoms with E-state index in [0.29, 0.717) is 5.82 Å². The minimum Gasteiger partial charge on any atom is -0.318 e. The number of benzene rings is 2. The van der Waals surface area contributed by atoms with Crippen LogP contribution in [0.3, 0.4) is 0 Å². The Morgan fingerprint density at radius 1 is 1.04 bits per heavy atom. The smallest absolute Gasteiger partial charge is 0.276 e. The van der Waals surface area contributed by atoms with E-state index < -0.39 is 17.5 Å². The van der Waals surface area contributed by atoms with Crippen molar-refractivity contribution in [3.63, 3.8) is 0 Å². The molecule has 0 aliphatic heterocycles. The highest BCUT2D eigenvalue weighted by Crippen LogP contribution is 2.16. The molecule has 0 bridgehead atoms. The highest BCUT2D eigenvalue weighted by molar-refractivity contribution is 6.02. The molecular formula is C18H13F2N7O. The fraction of sp³-hybridized carbons (Fsp3) is 0.0556. The molecule has 0 aliphatic carbocycles. The van der Waals surface area contributed by atoms with Crippen LogP contribution in [0.2, 0.25) is 0 Å². The van der Waals surface area contributed by atoms with Crippen LogP contribution >= 0.6 is 0 Å². The van der Waals surface area contributed by atoms with Crippen LogP contribution in [0.1, 0.15) is 10.5 Å². The first kappa shape index (κ1) is 17.5. The molecule has 0 spiro atoms. The Hall–Kier alpha value is -3.95. The molecule has 2 aromatic heterocycles. The van der Waals surface area contributed by atoms with Crippen molar-refractivity contribution in [2.75, 3.05) is 5.32 Å². The predicted octanol–water partition coefficient (Wildman–Crippen LogP) is 2.57. The summed E-state index contributed by atoms with van der Waals surface area (Å²) in [5.74, 6) is -1.60. The van der Waals surface area contributed by atoms with Crippen LogP contribution in [0, 0.1) is 11.6 Å². The van der Waals surface area contributed by atoms with Gasteiger partial charge in [0.1, 0.15) is 11.6 Å². The molecule has 0 saturated carbocycles. The molecule has 0 atom stereocenters. The summed E-state index contributed by atoms with van der Waals surface area (Å²) >= 11 is 0. The van der Waals surface area contributed by atoms with Gasteiger partial charge >= 0.3 is 0 Å². The maximum Gasteiger partial charge on any atom is 0.276 e. The zero-order chi connectivity index (χ0) is 19.5. The zero-order valence-electron chi connectivity index (χ0n) is 14.3. The molecular weight excluding hydrogens is 368 g/mol. The molecule has 1 amide bonds. The maximum atomic E-state index is 13.6. The summed E-state index contributed by atoms with van der Waals surface area (Å²) in [5, 5.41) is 18.6. The molecule has 0 radical (unpaired) electrons. The normalized spacial score (nSPS) is 10.8. The van der Waals surface area contributed by atoms with Gasteiger partial charge in [-0.05, 0) is 23.4 Å². The van der Waals surface area contributed by atoms with Crippen LogP contribution in [0.5, 0.6) is 0 Å². The van der Waals surface area contributed by atoms with Crippen LogP contribution < -0.4 is 5.32 Å². The van der Waals surface area contributed by atoms with Crippen LogP contribution in [-0.4, -0.2) is 35.9 Å². The minimum atomic E-state index is -0.741. The average molecular weight is 381 g/mol. The van der Waals surface area contributed by atoms with Crippen molar-refractivity contribution < 1.29 is 13.6 Å². The van der Waals surface area contributed by atoms with Crippen molar-refractivity contribution in [2.24, 2.45) is 0 Å². The van der Waals surface area contributed by atoms with E-state index in [1.807, 2.05) is 30.3 Å². The Balaban J connectivity index is 1.45. The molecule has 2 aromatic carbocycles. The molecule has 0 fully saturated rings. The molecule has 10 heteroatoms. The third-order valence-corrected chi connectivity index (χ3v) is 3.81. The Morgan fingerprint density at radius 3 is 2.68 bits per heavy atom. The molecule has 8 nitrogen and oxygen atoms in total. The Labute approximate surface area is 157 Å². The summed E-state index contributed by atoms with van der Waals surface area (Å²) in [5.41, 5.74) is 0.600. The van der Waals surface area contributed by atoms with Crippen molar-refractivity contribution in [3.05, 3.63) is 78.1 Å². The third-order valence-electron chi connectivity index (χ3n) is 3.81. The van der Waals surface area contributed by atoms with E-state index in [9.17, 15) is 13.6 Å². The lowest BCUT2D eigenvalue weighted by Crippen LogP contribution is -2.16. The van der Waals surface area contributed by atoms with Gasteiger partial charge in [0.15, 0.2) is 12.4 Å². The fourth-order valence-electron chi connectivity index (χ4n) is 2.48. The van der Waals surface area contributed by atoms with Gasteiger partial charge in [-0.1, -0.05) is 30.3 Å². The third kappa shape index (κ3) is 3.75. The van der Waals surface area contributed by atoms with Crippen LogP contribution in [0.4, 0.5) is 14.5 Å². The number of nitrogens with zero attached hydrogens (tertiary/aromatic N) is 6.